The van der Waals surface area contributed by atoms with Crippen LogP contribution in [0.15, 0.2) is 78.9 Å². The van der Waals surface area contributed by atoms with Gasteiger partial charge in [-0.25, -0.2) is 0 Å². The van der Waals surface area contributed by atoms with Crippen molar-refractivity contribution in [3.05, 3.63) is 78.9 Å². The summed E-state index contributed by atoms with van der Waals surface area (Å²) in [5.74, 6) is 1.64. The molecule has 0 saturated carbocycles. The number of nitrogen functional groups attached to an aromatic ring is 1. The average Bonchev–Trinajstić information content (AvgIpc) is 2.53. The molecule has 3 nitrogen and oxygen atoms in total. The molecule has 3 aromatic rings. The van der Waals surface area contributed by atoms with Gasteiger partial charge in [0.1, 0.15) is 11.5 Å². The number of anilines is 3. The zero-order chi connectivity index (χ0) is 14.5. The Bertz CT molecular complexity index is 701. The fourth-order valence-corrected chi connectivity index (χ4v) is 1.96. The highest BCUT2D eigenvalue weighted by molar-refractivity contribution is 5.85. The van der Waals surface area contributed by atoms with E-state index in [2.05, 4.69) is 5.32 Å². The van der Waals surface area contributed by atoms with Gasteiger partial charge in [0.25, 0.3) is 0 Å². The van der Waals surface area contributed by atoms with Crippen molar-refractivity contribution in [2.24, 2.45) is 0 Å². The van der Waals surface area contributed by atoms with E-state index in [1.165, 1.54) is 0 Å². The molecule has 3 N–H and O–H groups in total. The lowest BCUT2D eigenvalue weighted by atomic mass is 10.2. The van der Waals surface area contributed by atoms with Crippen molar-refractivity contribution in [3.8, 4) is 11.5 Å². The Labute approximate surface area is 148 Å². The van der Waals surface area contributed by atoms with Crippen molar-refractivity contribution in [1.82, 2.24) is 0 Å². The summed E-state index contributed by atoms with van der Waals surface area (Å²) in [4.78, 5) is 0. The van der Waals surface area contributed by atoms with Crippen LogP contribution in [0.4, 0.5) is 17.1 Å². The third-order valence-electron chi connectivity index (χ3n) is 3.03. The molecule has 0 unspecified atom stereocenters. The first-order valence-corrected chi connectivity index (χ1v) is 6.75. The number of rotatable bonds is 4. The molecule has 0 bridgehead atoms. The topological polar surface area (TPSA) is 47.3 Å². The number of para-hydroxylation sites is 1. The standard InChI is InChI=1S/C18H16N2O.2ClH/c19-14-6-8-15(9-7-14)20-16-10-12-18(13-11-16)21-17-4-2-1-3-5-17;;/h1-13,20H,19H2;2*1H. The van der Waals surface area contributed by atoms with Crippen molar-refractivity contribution in [2.45, 2.75) is 0 Å². The first-order valence-electron chi connectivity index (χ1n) is 6.75. The van der Waals surface area contributed by atoms with Gasteiger partial charge in [0, 0.05) is 17.1 Å². The van der Waals surface area contributed by atoms with E-state index in [9.17, 15) is 0 Å². The van der Waals surface area contributed by atoms with E-state index >= 15 is 0 Å². The van der Waals surface area contributed by atoms with E-state index in [0.717, 1.165) is 28.6 Å². The summed E-state index contributed by atoms with van der Waals surface area (Å²) in [5.41, 5.74) is 8.43. The number of halogens is 2. The van der Waals surface area contributed by atoms with Crippen LogP contribution in [0.5, 0.6) is 11.5 Å². The molecule has 23 heavy (non-hydrogen) atoms. The molecule has 0 aliphatic heterocycles. The van der Waals surface area contributed by atoms with Crippen LogP contribution < -0.4 is 15.8 Å². The Hall–Kier alpha value is -2.36. The highest BCUT2D eigenvalue weighted by atomic mass is 35.5. The van der Waals surface area contributed by atoms with Gasteiger partial charge < -0.3 is 15.8 Å². The zero-order valence-corrected chi connectivity index (χ0v) is 13.9. The van der Waals surface area contributed by atoms with Gasteiger partial charge in [-0.1, -0.05) is 18.2 Å². The predicted octanol–water partition coefficient (Wildman–Crippen LogP) is 5.65. The maximum Gasteiger partial charge on any atom is 0.127 e. The largest absolute Gasteiger partial charge is 0.457 e. The van der Waals surface area contributed by atoms with Gasteiger partial charge in [0.15, 0.2) is 0 Å². The van der Waals surface area contributed by atoms with Crippen LogP contribution in [0.25, 0.3) is 0 Å². The van der Waals surface area contributed by atoms with E-state index in [4.69, 9.17) is 10.5 Å². The maximum atomic E-state index is 5.75. The van der Waals surface area contributed by atoms with E-state index < -0.39 is 0 Å². The molecule has 0 heterocycles. The Morgan fingerprint density at radius 2 is 1.09 bits per heavy atom. The van der Waals surface area contributed by atoms with Crippen LogP contribution in [0.2, 0.25) is 0 Å². The second-order valence-electron chi connectivity index (χ2n) is 4.69. The fourth-order valence-electron chi connectivity index (χ4n) is 1.96. The van der Waals surface area contributed by atoms with Crippen LogP contribution in [-0.2, 0) is 0 Å². The van der Waals surface area contributed by atoms with E-state index in [-0.39, 0.29) is 24.8 Å². The second-order valence-corrected chi connectivity index (χ2v) is 4.69. The van der Waals surface area contributed by atoms with Crippen molar-refractivity contribution in [2.75, 3.05) is 11.1 Å². The summed E-state index contributed by atoms with van der Waals surface area (Å²) < 4.78 is 5.75. The lowest BCUT2D eigenvalue weighted by Gasteiger charge is -2.09. The quantitative estimate of drug-likeness (QED) is 0.599. The van der Waals surface area contributed by atoms with E-state index in [0.29, 0.717) is 0 Å². The van der Waals surface area contributed by atoms with Crippen molar-refractivity contribution >= 4 is 41.9 Å². The average molecular weight is 349 g/mol. The third-order valence-corrected chi connectivity index (χ3v) is 3.03. The minimum atomic E-state index is 0. The van der Waals surface area contributed by atoms with Gasteiger partial charge >= 0.3 is 0 Å². The molecule has 0 spiro atoms. The summed E-state index contributed by atoms with van der Waals surface area (Å²) in [6, 6.07) is 25.2. The highest BCUT2D eigenvalue weighted by Crippen LogP contribution is 2.24. The van der Waals surface area contributed by atoms with Crippen molar-refractivity contribution < 1.29 is 4.74 Å². The molecule has 3 rings (SSSR count). The predicted molar refractivity (Wildman–Crippen MR) is 102 cm³/mol. The Morgan fingerprint density at radius 3 is 1.65 bits per heavy atom. The van der Waals surface area contributed by atoms with Crippen molar-refractivity contribution in [3.63, 3.8) is 0 Å². The number of ether oxygens (including phenoxy) is 1. The summed E-state index contributed by atoms with van der Waals surface area (Å²) >= 11 is 0. The molecule has 0 radical (unpaired) electrons. The molecule has 0 atom stereocenters. The normalized spacial score (nSPS) is 9.22. The number of nitrogens with one attached hydrogen (secondary N) is 1. The summed E-state index contributed by atoms with van der Waals surface area (Å²) in [6.07, 6.45) is 0. The summed E-state index contributed by atoms with van der Waals surface area (Å²) in [7, 11) is 0. The zero-order valence-electron chi connectivity index (χ0n) is 12.3. The molecule has 5 heteroatoms. The highest BCUT2D eigenvalue weighted by Gasteiger charge is 1.98. The summed E-state index contributed by atoms with van der Waals surface area (Å²) in [5, 5.41) is 3.31. The molecule has 0 saturated heterocycles. The molecule has 120 valence electrons. The first kappa shape index (κ1) is 18.7. The van der Waals surface area contributed by atoms with E-state index in [1.807, 2.05) is 78.9 Å². The van der Waals surface area contributed by atoms with Gasteiger partial charge in [-0.3, -0.25) is 0 Å². The molecule has 0 fully saturated rings. The number of hydrogen-bond donors (Lipinski definition) is 2. The Kier molecular flexibility index (Phi) is 7.26. The summed E-state index contributed by atoms with van der Waals surface area (Å²) in [6.45, 7) is 0. The smallest absolute Gasteiger partial charge is 0.127 e. The van der Waals surface area contributed by atoms with Crippen LogP contribution >= 0.6 is 24.8 Å². The van der Waals surface area contributed by atoms with Gasteiger partial charge in [0.05, 0.1) is 0 Å². The molecular formula is C18H18Cl2N2O. The molecule has 0 aliphatic carbocycles. The van der Waals surface area contributed by atoms with Gasteiger partial charge in [-0.05, 0) is 60.7 Å². The van der Waals surface area contributed by atoms with Crippen LogP contribution in [-0.4, -0.2) is 0 Å². The molecule has 0 aromatic heterocycles. The van der Waals surface area contributed by atoms with Gasteiger partial charge in [-0.2, -0.15) is 0 Å². The van der Waals surface area contributed by atoms with Crippen LogP contribution in [0, 0.1) is 0 Å². The number of benzene rings is 3. The minimum Gasteiger partial charge on any atom is -0.457 e. The second kappa shape index (κ2) is 8.93. The number of nitrogens with two attached hydrogens (primary N) is 1. The Morgan fingerprint density at radius 1 is 0.609 bits per heavy atom. The lowest BCUT2D eigenvalue weighted by molar-refractivity contribution is 0.483. The van der Waals surface area contributed by atoms with Crippen molar-refractivity contribution in [1.29, 1.82) is 0 Å². The SMILES string of the molecule is Cl.Cl.Nc1ccc(Nc2ccc(Oc3ccccc3)cc2)cc1. The Balaban J connectivity index is 0.00000132. The maximum absolute atomic E-state index is 5.75. The number of hydrogen-bond acceptors (Lipinski definition) is 3. The fraction of sp³-hybridized carbons (Fsp3) is 0. The first-order chi connectivity index (χ1) is 10.3. The lowest BCUT2D eigenvalue weighted by Crippen LogP contribution is -1.91. The van der Waals surface area contributed by atoms with Gasteiger partial charge in [-0.15, -0.1) is 24.8 Å². The van der Waals surface area contributed by atoms with E-state index in [1.54, 1.807) is 0 Å². The van der Waals surface area contributed by atoms with Crippen LogP contribution in [0.1, 0.15) is 0 Å². The molecular weight excluding hydrogens is 331 g/mol. The molecule has 3 aromatic carbocycles. The minimum absolute atomic E-state index is 0. The molecule has 0 aliphatic rings. The third kappa shape index (κ3) is 5.40. The van der Waals surface area contributed by atoms with Gasteiger partial charge in [0.2, 0.25) is 0 Å². The monoisotopic (exact) mass is 348 g/mol. The van der Waals surface area contributed by atoms with Crippen LogP contribution in [0.3, 0.4) is 0 Å². The molecule has 0 amide bonds.